The fraction of sp³-hybridized carbons (Fsp3) is 0.105. The van der Waals surface area contributed by atoms with E-state index in [9.17, 15) is 10.5 Å². The van der Waals surface area contributed by atoms with Crippen molar-refractivity contribution in [2.24, 2.45) is 0 Å². The van der Waals surface area contributed by atoms with Crippen LogP contribution in [0.3, 0.4) is 0 Å². The van der Waals surface area contributed by atoms with E-state index in [2.05, 4.69) is 106 Å². The van der Waals surface area contributed by atoms with Crippen LogP contribution in [-0.4, -0.2) is 9.13 Å². The van der Waals surface area contributed by atoms with Crippen LogP contribution in [0, 0.1) is 22.7 Å². The van der Waals surface area contributed by atoms with Crippen molar-refractivity contribution in [1.29, 1.82) is 10.5 Å². The lowest BCUT2D eigenvalue weighted by atomic mass is 9.93. The highest BCUT2D eigenvalue weighted by Gasteiger charge is 2.27. The van der Waals surface area contributed by atoms with E-state index < -0.39 is 0 Å². The van der Waals surface area contributed by atoms with E-state index >= 15 is 0 Å². The van der Waals surface area contributed by atoms with Crippen LogP contribution in [0.4, 0.5) is 0 Å². The third kappa shape index (κ3) is 3.39. The summed E-state index contributed by atoms with van der Waals surface area (Å²) in [5.74, 6) is 0. The van der Waals surface area contributed by atoms with Gasteiger partial charge in [-0.05, 0) is 67.7 Å². The van der Waals surface area contributed by atoms with Gasteiger partial charge in [0, 0.05) is 38.9 Å². The van der Waals surface area contributed by atoms with Crippen LogP contribution in [0.2, 0.25) is 0 Å². The minimum absolute atomic E-state index is 0.584. The average molecular weight is 539 g/mol. The summed E-state index contributed by atoms with van der Waals surface area (Å²) in [5, 5.41) is 23.4. The molecule has 8 rings (SSSR count). The molecule has 0 aliphatic heterocycles. The van der Waals surface area contributed by atoms with Gasteiger partial charge in [-0.2, -0.15) is 10.5 Å². The first kappa shape index (κ1) is 24.2. The first-order chi connectivity index (χ1) is 20.8. The van der Waals surface area contributed by atoms with E-state index in [1.54, 1.807) is 0 Å². The summed E-state index contributed by atoms with van der Waals surface area (Å²) < 4.78 is 4.59. The fourth-order valence-corrected chi connectivity index (χ4v) is 7.05. The second-order valence-electron chi connectivity index (χ2n) is 10.9. The molecule has 0 fully saturated rings. The smallest absolute Gasteiger partial charge is 0.101 e. The first-order valence-corrected chi connectivity index (χ1v) is 14.4. The van der Waals surface area contributed by atoms with E-state index in [0.717, 1.165) is 64.9 Å². The number of aromatic nitrogens is 2. The van der Waals surface area contributed by atoms with Gasteiger partial charge in [0.25, 0.3) is 0 Å². The van der Waals surface area contributed by atoms with Crippen molar-refractivity contribution in [2.75, 3.05) is 0 Å². The lowest BCUT2D eigenvalue weighted by molar-refractivity contribution is 0.887. The predicted molar refractivity (Wildman–Crippen MR) is 170 cm³/mol. The minimum Gasteiger partial charge on any atom is -0.311 e. The van der Waals surface area contributed by atoms with Crippen LogP contribution in [0.1, 0.15) is 46.5 Å². The Hall–Kier alpha value is -5.58. The van der Waals surface area contributed by atoms with Gasteiger partial charge in [-0.15, -0.1) is 0 Å². The van der Waals surface area contributed by atoms with Gasteiger partial charge in [-0.1, -0.05) is 72.8 Å². The lowest BCUT2D eigenvalue weighted by Gasteiger charge is -2.22. The summed E-state index contributed by atoms with van der Waals surface area (Å²) in [6.07, 6.45) is 12.7. The molecule has 6 aromatic rings. The molecule has 4 heteroatoms. The summed E-state index contributed by atoms with van der Waals surface area (Å²) >= 11 is 0. The lowest BCUT2D eigenvalue weighted by Crippen LogP contribution is -2.09. The standard InChI is InChI=1S/C38H26N4/c39-23-25-11-10-22-36(41-32-18-5-1-13-27(32)28-14-2-6-19-33(28)41)37(25)31-17-9-12-26(24-40)38(31)42-34-20-7-3-15-29(34)30-16-4-8-21-35(30)42/h1,3-7,9-13,15-20,22H,2,8,14,21H2. The molecule has 0 saturated heterocycles. The van der Waals surface area contributed by atoms with E-state index in [1.807, 2.05) is 24.3 Å². The molecule has 42 heavy (non-hydrogen) atoms. The first-order valence-electron chi connectivity index (χ1n) is 14.4. The second kappa shape index (κ2) is 9.51. The summed E-state index contributed by atoms with van der Waals surface area (Å²) in [7, 11) is 0. The summed E-state index contributed by atoms with van der Waals surface area (Å²) in [5.41, 5.74) is 11.8. The molecule has 0 bridgehead atoms. The Bertz CT molecular complexity index is 2220. The molecule has 2 aliphatic rings. The molecule has 2 aliphatic carbocycles. The van der Waals surface area contributed by atoms with Gasteiger partial charge in [0.2, 0.25) is 0 Å². The highest BCUT2D eigenvalue weighted by molar-refractivity contribution is 5.97. The summed E-state index contributed by atoms with van der Waals surface area (Å²) in [6.45, 7) is 0. The molecule has 0 unspecified atom stereocenters. The normalized spacial score (nSPS) is 13.6. The van der Waals surface area contributed by atoms with Crippen LogP contribution in [0.5, 0.6) is 0 Å². The Morgan fingerprint density at radius 3 is 2.14 bits per heavy atom. The van der Waals surface area contributed by atoms with Crippen LogP contribution < -0.4 is 0 Å². The predicted octanol–water partition coefficient (Wildman–Crippen LogP) is 8.90. The highest BCUT2D eigenvalue weighted by atomic mass is 15.0. The molecule has 198 valence electrons. The van der Waals surface area contributed by atoms with Gasteiger partial charge >= 0.3 is 0 Å². The van der Waals surface area contributed by atoms with Crippen LogP contribution in [0.15, 0.2) is 97.1 Å². The van der Waals surface area contributed by atoms with Crippen molar-refractivity contribution in [1.82, 2.24) is 9.13 Å². The Kier molecular flexibility index (Phi) is 5.49. The van der Waals surface area contributed by atoms with Crippen molar-refractivity contribution < 1.29 is 0 Å². The van der Waals surface area contributed by atoms with Crippen molar-refractivity contribution in [3.8, 4) is 34.6 Å². The van der Waals surface area contributed by atoms with Crippen LogP contribution >= 0.6 is 0 Å². The quantitative estimate of drug-likeness (QED) is 0.226. The fourth-order valence-electron chi connectivity index (χ4n) is 7.05. The maximum Gasteiger partial charge on any atom is 0.101 e. The van der Waals surface area contributed by atoms with Gasteiger partial charge in [0.15, 0.2) is 0 Å². The largest absolute Gasteiger partial charge is 0.311 e. The SMILES string of the molecule is N#Cc1cccc(-n2c3c(c4ccccc42)CCC=C3)c1-c1cccc(C#N)c1-n1c2c(c3ccccc31)C=CCC2. The van der Waals surface area contributed by atoms with Crippen molar-refractivity contribution in [3.05, 3.63) is 131 Å². The molecule has 0 atom stereocenters. The Labute approximate surface area is 244 Å². The zero-order valence-electron chi connectivity index (χ0n) is 23.0. The summed E-state index contributed by atoms with van der Waals surface area (Å²) in [6, 6.07) is 33.8. The number of fused-ring (bicyclic) bond motifs is 6. The Morgan fingerprint density at radius 1 is 0.619 bits per heavy atom. The number of hydrogen-bond donors (Lipinski definition) is 0. The van der Waals surface area contributed by atoms with E-state index in [4.69, 9.17) is 0 Å². The number of rotatable bonds is 3. The molecule has 0 radical (unpaired) electrons. The molecular weight excluding hydrogens is 512 g/mol. The number of para-hydroxylation sites is 3. The topological polar surface area (TPSA) is 57.4 Å². The van der Waals surface area contributed by atoms with Gasteiger partial charge in [-0.25, -0.2) is 0 Å². The molecule has 2 heterocycles. The third-order valence-corrected chi connectivity index (χ3v) is 8.76. The summed E-state index contributed by atoms with van der Waals surface area (Å²) in [4.78, 5) is 0. The molecular formula is C38H26N4. The highest BCUT2D eigenvalue weighted by Crippen LogP contribution is 2.43. The number of nitriles is 2. The number of benzene rings is 4. The average Bonchev–Trinajstić information content (AvgIpc) is 3.57. The number of allylic oxidation sites excluding steroid dienone is 2. The molecule has 4 nitrogen and oxygen atoms in total. The number of nitrogens with zero attached hydrogens (tertiary/aromatic N) is 4. The minimum atomic E-state index is 0.584. The monoisotopic (exact) mass is 538 g/mol. The maximum atomic E-state index is 10.5. The second-order valence-corrected chi connectivity index (χ2v) is 10.9. The van der Waals surface area contributed by atoms with Crippen LogP contribution in [-0.2, 0) is 12.8 Å². The molecule has 0 N–H and O–H groups in total. The molecule has 0 spiro atoms. The molecule has 2 aromatic heterocycles. The van der Waals surface area contributed by atoms with Crippen LogP contribution in [0.25, 0.3) is 56.5 Å². The maximum absolute atomic E-state index is 10.5. The van der Waals surface area contributed by atoms with Gasteiger partial charge in [0.05, 0.1) is 39.6 Å². The molecule has 0 saturated carbocycles. The van der Waals surface area contributed by atoms with Crippen molar-refractivity contribution in [3.63, 3.8) is 0 Å². The zero-order valence-corrected chi connectivity index (χ0v) is 23.0. The Morgan fingerprint density at radius 2 is 1.31 bits per heavy atom. The number of aryl methyl sites for hydroxylation is 1. The Balaban J connectivity index is 1.52. The van der Waals surface area contributed by atoms with E-state index in [0.29, 0.717) is 11.1 Å². The van der Waals surface area contributed by atoms with Gasteiger partial charge in [0.1, 0.15) is 6.07 Å². The molecule has 4 aromatic carbocycles. The molecule has 0 amide bonds. The van der Waals surface area contributed by atoms with Gasteiger partial charge < -0.3 is 9.13 Å². The number of hydrogen-bond acceptors (Lipinski definition) is 2. The van der Waals surface area contributed by atoms with E-state index in [-0.39, 0.29) is 0 Å². The third-order valence-electron chi connectivity index (χ3n) is 8.76. The van der Waals surface area contributed by atoms with E-state index in [1.165, 1.54) is 27.6 Å². The van der Waals surface area contributed by atoms with Gasteiger partial charge in [-0.3, -0.25) is 0 Å². The van der Waals surface area contributed by atoms with Crippen molar-refractivity contribution in [2.45, 2.75) is 25.7 Å². The van der Waals surface area contributed by atoms with Crippen molar-refractivity contribution >= 4 is 34.0 Å². The zero-order chi connectivity index (χ0) is 28.2.